The molecule has 1 aromatic carbocycles. The average molecular weight is 438 g/mol. The van der Waals surface area contributed by atoms with Crippen molar-refractivity contribution in [3.05, 3.63) is 33.9 Å². The lowest BCUT2D eigenvalue weighted by Gasteiger charge is -2.50. The third-order valence-electron chi connectivity index (χ3n) is 8.58. The van der Waals surface area contributed by atoms with Gasteiger partial charge in [0.15, 0.2) is 22.7 Å². The zero-order valence-corrected chi connectivity index (χ0v) is 17.9. The minimum absolute atomic E-state index is 0.00486. The quantitative estimate of drug-likeness (QED) is 0.367. The first-order valence-electron chi connectivity index (χ1n) is 11.3. The lowest BCUT2D eigenvalue weighted by atomic mass is 9.55. The summed E-state index contributed by atoms with van der Waals surface area (Å²) in [6.45, 7) is 2.22. The van der Waals surface area contributed by atoms with Gasteiger partial charge in [-0.25, -0.2) is 4.98 Å². The molecule has 9 heteroatoms. The number of phenolic OH excluding ortho intramolecular Hbond substituents is 2. The number of hydrogen-bond donors (Lipinski definition) is 5. The minimum atomic E-state index is -0.409. The fourth-order valence-electron chi connectivity index (χ4n) is 7.04. The van der Waals surface area contributed by atoms with E-state index in [0.29, 0.717) is 23.9 Å². The van der Waals surface area contributed by atoms with Crippen molar-refractivity contribution in [1.29, 1.82) is 0 Å². The monoisotopic (exact) mass is 437 g/mol. The Morgan fingerprint density at radius 2 is 2.06 bits per heavy atom. The van der Waals surface area contributed by atoms with Crippen LogP contribution in [0.1, 0.15) is 56.1 Å². The number of rotatable bonds is 1. The molecule has 0 bridgehead atoms. The van der Waals surface area contributed by atoms with Crippen LogP contribution in [0.25, 0.3) is 16.9 Å². The summed E-state index contributed by atoms with van der Waals surface area (Å²) in [4.78, 5) is 23.6. The molecule has 2 aromatic heterocycles. The molecule has 2 heterocycles. The van der Waals surface area contributed by atoms with Crippen LogP contribution < -0.4 is 11.3 Å². The SMILES string of the molecule is C[C@]12CC[C@@H]3c4c(-n5cnc6nc(N)[nH]c(=O)c65)cc(O)c(O)c4CC[C@H]3[C@@H]1CCC2O. The number of imidazole rings is 1. The van der Waals surface area contributed by atoms with Gasteiger partial charge in [-0.2, -0.15) is 4.98 Å². The van der Waals surface area contributed by atoms with E-state index in [0.717, 1.165) is 43.2 Å². The van der Waals surface area contributed by atoms with E-state index >= 15 is 0 Å². The molecule has 168 valence electrons. The molecule has 1 unspecified atom stereocenters. The van der Waals surface area contributed by atoms with E-state index in [4.69, 9.17) is 5.73 Å². The van der Waals surface area contributed by atoms with Gasteiger partial charge in [0, 0.05) is 11.6 Å². The Balaban J connectivity index is 1.57. The Labute approximate surface area is 183 Å². The molecule has 0 radical (unpaired) electrons. The lowest BCUT2D eigenvalue weighted by molar-refractivity contribution is -0.0227. The number of anilines is 1. The first-order valence-corrected chi connectivity index (χ1v) is 11.3. The summed E-state index contributed by atoms with van der Waals surface area (Å²) in [5.74, 6) is 0.663. The fraction of sp³-hybridized carbons (Fsp3) is 0.522. The van der Waals surface area contributed by atoms with E-state index in [1.165, 1.54) is 12.4 Å². The van der Waals surface area contributed by atoms with Gasteiger partial charge in [0.2, 0.25) is 5.95 Å². The van der Waals surface area contributed by atoms with Crippen molar-refractivity contribution in [1.82, 2.24) is 19.5 Å². The lowest BCUT2D eigenvalue weighted by Crippen LogP contribution is -2.44. The number of aromatic nitrogens is 4. The summed E-state index contributed by atoms with van der Waals surface area (Å²) in [6.07, 6.45) is 6.43. The molecule has 0 amide bonds. The molecule has 0 aliphatic heterocycles. The second kappa shape index (κ2) is 6.48. The van der Waals surface area contributed by atoms with E-state index < -0.39 is 5.56 Å². The van der Waals surface area contributed by atoms with Gasteiger partial charge < -0.3 is 21.1 Å². The Hall–Kier alpha value is -3.07. The van der Waals surface area contributed by atoms with E-state index in [1.54, 1.807) is 4.57 Å². The highest BCUT2D eigenvalue weighted by molar-refractivity contribution is 5.75. The van der Waals surface area contributed by atoms with Crippen molar-refractivity contribution < 1.29 is 15.3 Å². The number of aromatic amines is 1. The Morgan fingerprint density at radius 1 is 1.25 bits per heavy atom. The first kappa shape index (κ1) is 19.6. The number of fused-ring (bicyclic) bond motifs is 6. The van der Waals surface area contributed by atoms with Gasteiger partial charge in [-0.15, -0.1) is 0 Å². The van der Waals surface area contributed by atoms with Gasteiger partial charge in [-0.3, -0.25) is 14.3 Å². The smallest absolute Gasteiger partial charge is 0.278 e. The molecule has 0 saturated heterocycles. The Morgan fingerprint density at radius 3 is 2.88 bits per heavy atom. The molecule has 2 saturated carbocycles. The van der Waals surface area contributed by atoms with E-state index in [-0.39, 0.29) is 46.0 Å². The van der Waals surface area contributed by atoms with Crippen molar-refractivity contribution in [2.45, 2.75) is 57.5 Å². The molecule has 0 spiro atoms. The Kier molecular flexibility index (Phi) is 3.97. The summed E-state index contributed by atoms with van der Waals surface area (Å²) in [5.41, 5.74) is 8.04. The van der Waals surface area contributed by atoms with Crippen LogP contribution in [0.4, 0.5) is 5.95 Å². The summed E-state index contributed by atoms with van der Waals surface area (Å²) >= 11 is 0. The van der Waals surface area contributed by atoms with Gasteiger partial charge in [0.05, 0.1) is 11.8 Å². The van der Waals surface area contributed by atoms with Crippen LogP contribution in [0.2, 0.25) is 0 Å². The molecule has 5 atom stereocenters. The number of aromatic hydroxyl groups is 2. The number of aliphatic hydroxyl groups is 1. The van der Waals surface area contributed by atoms with Crippen molar-refractivity contribution in [2.24, 2.45) is 17.3 Å². The standard InChI is InChI=1S/C23H27N5O4/c1-23-7-6-11-10(13(23)4-5-16(23)30)2-3-12-17(11)14(8-15(29)19(12)31)28-9-25-20-18(28)21(32)27-22(24)26-20/h8-11,13,16,29-31H,2-7H2,1H3,(H3,24,26,27,32)/t10-,11+,13+,16?,23+/m1/s1. The summed E-state index contributed by atoms with van der Waals surface area (Å²) in [5, 5.41) is 31.9. The predicted molar refractivity (Wildman–Crippen MR) is 118 cm³/mol. The highest BCUT2D eigenvalue weighted by Gasteiger charge is 2.55. The molecule has 6 N–H and O–H groups in total. The topological polar surface area (TPSA) is 150 Å². The van der Waals surface area contributed by atoms with Crippen molar-refractivity contribution in [2.75, 3.05) is 5.73 Å². The summed E-state index contributed by atoms with van der Waals surface area (Å²) in [6, 6.07) is 1.52. The zero-order valence-electron chi connectivity index (χ0n) is 17.9. The van der Waals surface area contributed by atoms with Crippen molar-refractivity contribution in [3.63, 3.8) is 0 Å². The van der Waals surface area contributed by atoms with Crippen LogP contribution in [0.3, 0.4) is 0 Å². The largest absolute Gasteiger partial charge is 0.504 e. The number of phenols is 2. The number of nitrogens with zero attached hydrogens (tertiary/aromatic N) is 3. The van der Waals surface area contributed by atoms with Crippen LogP contribution >= 0.6 is 0 Å². The van der Waals surface area contributed by atoms with Gasteiger partial charge in [-0.1, -0.05) is 6.92 Å². The average Bonchev–Trinajstić information content (AvgIpc) is 3.31. The van der Waals surface area contributed by atoms with Crippen molar-refractivity contribution in [3.8, 4) is 17.2 Å². The molecular formula is C23H27N5O4. The number of nitrogen functional groups attached to an aromatic ring is 1. The molecule has 2 fully saturated rings. The van der Waals surface area contributed by atoms with Crippen LogP contribution in [0, 0.1) is 17.3 Å². The highest BCUT2D eigenvalue weighted by atomic mass is 16.3. The molecule has 3 aliphatic rings. The minimum Gasteiger partial charge on any atom is -0.504 e. The molecule has 3 aromatic rings. The number of hydrogen-bond acceptors (Lipinski definition) is 7. The van der Waals surface area contributed by atoms with Crippen molar-refractivity contribution >= 4 is 17.1 Å². The Bertz CT molecular complexity index is 1310. The molecule has 6 rings (SSSR count). The second-order valence-corrected chi connectivity index (χ2v) is 9.95. The maximum Gasteiger partial charge on any atom is 0.278 e. The molecule has 3 aliphatic carbocycles. The number of nitrogens with one attached hydrogen (secondary N) is 1. The fourth-order valence-corrected chi connectivity index (χ4v) is 7.04. The summed E-state index contributed by atoms with van der Waals surface area (Å²) < 4.78 is 1.65. The van der Waals surface area contributed by atoms with Crippen LogP contribution in [-0.2, 0) is 6.42 Å². The van der Waals surface area contributed by atoms with Gasteiger partial charge in [0.25, 0.3) is 5.56 Å². The van der Waals surface area contributed by atoms with Gasteiger partial charge in [0.1, 0.15) is 6.33 Å². The van der Waals surface area contributed by atoms with E-state index in [1.807, 2.05) is 0 Å². The van der Waals surface area contributed by atoms with E-state index in [2.05, 4.69) is 21.9 Å². The van der Waals surface area contributed by atoms with Crippen LogP contribution in [-0.4, -0.2) is 40.9 Å². The second-order valence-electron chi connectivity index (χ2n) is 9.95. The number of benzene rings is 1. The highest BCUT2D eigenvalue weighted by Crippen LogP contribution is 2.62. The number of aliphatic hydroxyl groups excluding tert-OH is 1. The van der Waals surface area contributed by atoms with Gasteiger partial charge in [-0.05, 0) is 67.3 Å². The third-order valence-corrected chi connectivity index (χ3v) is 8.58. The van der Waals surface area contributed by atoms with Crippen LogP contribution in [0.15, 0.2) is 17.2 Å². The molecule has 32 heavy (non-hydrogen) atoms. The summed E-state index contributed by atoms with van der Waals surface area (Å²) in [7, 11) is 0. The van der Waals surface area contributed by atoms with Gasteiger partial charge >= 0.3 is 0 Å². The predicted octanol–water partition coefficient (Wildman–Crippen LogP) is 2.32. The first-order chi connectivity index (χ1) is 15.3. The molecular weight excluding hydrogens is 410 g/mol. The normalized spacial score (nSPS) is 31.3. The number of H-pyrrole nitrogens is 1. The number of nitrogens with two attached hydrogens (primary N) is 1. The zero-order chi connectivity index (χ0) is 22.4. The van der Waals surface area contributed by atoms with Crippen LogP contribution in [0.5, 0.6) is 11.5 Å². The molecule has 9 nitrogen and oxygen atoms in total. The maximum absolute atomic E-state index is 12.7. The van der Waals surface area contributed by atoms with E-state index in [9.17, 15) is 20.1 Å². The maximum atomic E-state index is 12.7. The third kappa shape index (κ3) is 2.45.